The average molecular weight is 415 g/mol. The topological polar surface area (TPSA) is 107 Å². The molecule has 1 atom stereocenters. The van der Waals surface area contributed by atoms with E-state index in [1.54, 1.807) is 0 Å². The fourth-order valence-electron chi connectivity index (χ4n) is 1.21. The highest BCUT2D eigenvalue weighted by atomic mass is 127. The maximum Gasteiger partial charge on any atom is 0.274 e. The van der Waals surface area contributed by atoms with Crippen molar-refractivity contribution in [3.63, 3.8) is 0 Å². The van der Waals surface area contributed by atoms with Gasteiger partial charge in [-0.25, -0.2) is 9.97 Å². The highest BCUT2D eigenvalue weighted by Gasteiger charge is 2.21. The van der Waals surface area contributed by atoms with Crippen LogP contribution in [0.15, 0.2) is 0 Å². The molecule has 0 radical (unpaired) electrons. The molecular formula is C11H20ClIN6O. The zero-order valence-corrected chi connectivity index (χ0v) is 14.9. The standard InChI is InChI=1S/C11H19ClN6O.HI/c1-6(18(2,3)4)5-15-11(19)7-9(13)17-10(14)8(12)16-7;/h6H,5H2,1-4H3,(H4-,13,14,15,17,19);1H/t6-;/m1./s1. The molecule has 1 aromatic rings. The van der Waals surface area contributed by atoms with Crippen LogP contribution in [-0.2, 0) is 0 Å². The normalized spacial score (nSPS) is 12.4. The first-order chi connectivity index (χ1) is 8.62. The van der Waals surface area contributed by atoms with Crippen LogP contribution in [0.4, 0.5) is 11.6 Å². The second kappa shape index (κ2) is 7.23. The number of hydrogen-bond acceptors (Lipinski definition) is 5. The number of quaternary nitrogens is 1. The Morgan fingerprint density at radius 3 is 2.35 bits per heavy atom. The number of nitrogens with zero attached hydrogens (tertiary/aromatic N) is 3. The summed E-state index contributed by atoms with van der Waals surface area (Å²) in [6.45, 7) is 2.52. The predicted octanol–water partition coefficient (Wildman–Crippen LogP) is -2.88. The molecule has 1 rings (SSSR count). The number of nitrogens with one attached hydrogen (secondary N) is 1. The van der Waals surface area contributed by atoms with Crippen molar-refractivity contribution < 1.29 is 33.3 Å². The number of amides is 1. The van der Waals surface area contributed by atoms with E-state index in [0.29, 0.717) is 6.54 Å². The molecule has 0 aromatic carbocycles. The number of halogens is 2. The Morgan fingerprint density at radius 1 is 1.30 bits per heavy atom. The van der Waals surface area contributed by atoms with Gasteiger partial charge in [0.2, 0.25) is 0 Å². The number of aromatic nitrogens is 2. The maximum atomic E-state index is 12.0. The fraction of sp³-hybridized carbons (Fsp3) is 0.545. The van der Waals surface area contributed by atoms with Crippen LogP contribution in [0.25, 0.3) is 0 Å². The third kappa shape index (κ3) is 4.91. The van der Waals surface area contributed by atoms with E-state index in [1.165, 1.54) is 0 Å². The van der Waals surface area contributed by atoms with Gasteiger partial charge in [-0.15, -0.1) is 0 Å². The molecule has 0 saturated heterocycles. The van der Waals surface area contributed by atoms with Crippen molar-refractivity contribution in [3.8, 4) is 0 Å². The molecule has 5 N–H and O–H groups in total. The van der Waals surface area contributed by atoms with Crippen LogP contribution in [0.2, 0.25) is 5.15 Å². The molecule has 0 aliphatic rings. The molecular weight excluding hydrogens is 395 g/mol. The van der Waals surface area contributed by atoms with Gasteiger partial charge in [-0.1, -0.05) is 11.6 Å². The molecule has 0 aliphatic carbocycles. The van der Waals surface area contributed by atoms with E-state index in [1.807, 2.05) is 28.1 Å². The molecule has 1 heterocycles. The Labute approximate surface area is 140 Å². The van der Waals surface area contributed by atoms with E-state index < -0.39 is 5.91 Å². The second-order valence-corrected chi connectivity index (χ2v) is 5.67. The van der Waals surface area contributed by atoms with Crippen molar-refractivity contribution in [1.82, 2.24) is 15.3 Å². The van der Waals surface area contributed by atoms with Crippen LogP contribution < -0.4 is 40.8 Å². The molecule has 0 fully saturated rings. The number of likely N-dealkylation sites (N-methyl/N-ethyl adjacent to an activating group) is 1. The van der Waals surface area contributed by atoms with Gasteiger partial charge in [0.15, 0.2) is 22.5 Å². The largest absolute Gasteiger partial charge is 1.00 e. The van der Waals surface area contributed by atoms with Crippen molar-refractivity contribution in [2.24, 2.45) is 0 Å². The summed E-state index contributed by atoms with van der Waals surface area (Å²) in [6.07, 6.45) is 0. The van der Waals surface area contributed by atoms with Crippen molar-refractivity contribution in [2.75, 3.05) is 39.2 Å². The van der Waals surface area contributed by atoms with Crippen LogP contribution in [0, 0.1) is 0 Å². The first-order valence-corrected chi connectivity index (χ1v) is 6.18. The number of carbonyl (C=O) groups excluding carboxylic acids is 1. The molecule has 0 aliphatic heterocycles. The molecule has 0 unspecified atom stereocenters. The fourth-order valence-corrected chi connectivity index (χ4v) is 1.33. The molecule has 114 valence electrons. The molecule has 0 spiro atoms. The Kier molecular flexibility index (Phi) is 6.91. The second-order valence-electron chi connectivity index (χ2n) is 5.31. The Morgan fingerprint density at radius 2 is 1.85 bits per heavy atom. The highest BCUT2D eigenvalue weighted by molar-refractivity contribution is 6.31. The summed E-state index contributed by atoms with van der Waals surface area (Å²) in [5.74, 6) is -0.431. The Hall–Kier alpha value is -0.870. The summed E-state index contributed by atoms with van der Waals surface area (Å²) in [6, 6.07) is 0.238. The molecule has 0 saturated carbocycles. The lowest BCUT2D eigenvalue weighted by Crippen LogP contribution is -3.00. The molecule has 9 heteroatoms. The summed E-state index contributed by atoms with van der Waals surface area (Å²) in [7, 11) is 6.14. The van der Waals surface area contributed by atoms with E-state index in [2.05, 4.69) is 15.3 Å². The smallest absolute Gasteiger partial charge is 0.274 e. The number of rotatable bonds is 4. The summed E-state index contributed by atoms with van der Waals surface area (Å²) >= 11 is 5.73. The molecule has 1 amide bonds. The van der Waals surface area contributed by atoms with E-state index in [9.17, 15) is 4.79 Å². The lowest BCUT2D eigenvalue weighted by Gasteiger charge is -2.31. The average Bonchev–Trinajstić information content (AvgIpc) is 2.29. The lowest BCUT2D eigenvalue weighted by molar-refractivity contribution is -0.892. The van der Waals surface area contributed by atoms with Crippen molar-refractivity contribution in [2.45, 2.75) is 13.0 Å². The first-order valence-electron chi connectivity index (χ1n) is 5.80. The van der Waals surface area contributed by atoms with Gasteiger partial charge in [-0.05, 0) is 6.92 Å². The first kappa shape index (κ1) is 19.1. The van der Waals surface area contributed by atoms with Gasteiger partial charge in [-0.2, -0.15) is 0 Å². The van der Waals surface area contributed by atoms with Crippen LogP contribution in [-0.4, -0.2) is 54.1 Å². The monoisotopic (exact) mass is 414 g/mol. The van der Waals surface area contributed by atoms with E-state index >= 15 is 0 Å². The molecule has 0 bridgehead atoms. The number of hydrogen-bond donors (Lipinski definition) is 3. The van der Waals surface area contributed by atoms with Gasteiger partial charge in [-0.3, -0.25) is 4.79 Å². The van der Waals surface area contributed by atoms with Crippen LogP contribution in [0.5, 0.6) is 0 Å². The summed E-state index contributed by atoms with van der Waals surface area (Å²) < 4.78 is 0.726. The minimum atomic E-state index is -0.410. The maximum absolute atomic E-state index is 12.0. The van der Waals surface area contributed by atoms with E-state index in [4.69, 9.17) is 23.1 Å². The summed E-state index contributed by atoms with van der Waals surface area (Å²) in [4.78, 5) is 19.6. The lowest BCUT2D eigenvalue weighted by atomic mass is 10.2. The molecule has 20 heavy (non-hydrogen) atoms. The number of anilines is 2. The molecule has 1 aromatic heterocycles. The number of nitrogens with two attached hydrogens (primary N) is 2. The van der Waals surface area contributed by atoms with Gasteiger partial charge >= 0.3 is 0 Å². The Balaban J connectivity index is 0.00000361. The highest BCUT2D eigenvalue weighted by Crippen LogP contribution is 2.17. The van der Waals surface area contributed by atoms with Crippen LogP contribution in [0.1, 0.15) is 17.4 Å². The third-order valence-electron chi connectivity index (χ3n) is 3.00. The van der Waals surface area contributed by atoms with Gasteiger partial charge < -0.3 is 45.2 Å². The van der Waals surface area contributed by atoms with E-state index in [-0.39, 0.29) is 52.5 Å². The minimum Gasteiger partial charge on any atom is -1.00 e. The van der Waals surface area contributed by atoms with E-state index in [0.717, 1.165) is 4.48 Å². The zero-order chi connectivity index (χ0) is 14.8. The van der Waals surface area contributed by atoms with Crippen LogP contribution >= 0.6 is 11.6 Å². The van der Waals surface area contributed by atoms with Gasteiger partial charge in [0.05, 0.1) is 27.7 Å². The number of nitrogen functional groups attached to an aromatic ring is 2. The Bertz CT molecular complexity index is 491. The zero-order valence-electron chi connectivity index (χ0n) is 11.9. The quantitative estimate of drug-likeness (QED) is 0.363. The summed E-state index contributed by atoms with van der Waals surface area (Å²) in [5.41, 5.74) is 11.0. The number of carbonyl (C=O) groups is 1. The van der Waals surface area contributed by atoms with Gasteiger partial charge in [0.1, 0.15) is 6.04 Å². The van der Waals surface area contributed by atoms with Gasteiger partial charge in [0.25, 0.3) is 5.91 Å². The third-order valence-corrected chi connectivity index (χ3v) is 3.28. The summed E-state index contributed by atoms with van der Waals surface area (Å²) in [5, 5.41) is 2.73. The van der Waals surface area contributed by atoms with Crippen molar-refractivity contribution in [3.05, 3.63) is 10.8 Å². The predicted molar refractivity (Wildman–Crippen MR) is 75.7 cm³/mol. The van der Waals surface area contributed by atoms with Crippen molar-refractivity contribution in [1.29, 1.82) is 0 Å². The molecule has 7 nitrogen and oxygen atoms in total. The SMILES string of the molecule is C[C@H](CNC(=O)c1nc(Cl)c(N)nc1N)[N+](C)(C)C.[I-]. The van der Waals surface area contributed by atoms with Crippen LogP contribution in [0.3, 0.4) is 0 Å². The van der Waals surface area contributed by atoms with Gasteiger partial charge in [0, 0.05) is 0 Å². The minimum absolute atomic E-state index is 0. The van der Waals surface area contributed by atoms with Crippen molar-refractivity contribution >= 4 is 29.1 Å².